The van der Waals surface area contributed by atoms with E-state index in [1.54, 1.807) is 0 Å². The van der Waals surface area contributed by atoms with Crippen LogP contribution in [0, 0.1) is 0 Å². The number of benzene rings is 1. The van der Waals surface area contributed by atoms with E-state index < -0.39 is 6.10 Å². The monoisotopic (exact) mass is 289 g/mol. The largest absolute Gasteiger partial charge is 0.391 e. The second kappa shape index (κ2) is 7.49. The number of aliphatic hydroxyl groups is 1. The van der Waals surface area contributed by atoms with E-state index in [4.69, 9.17) is 0 Å². The lowest BCUT2D eigenvalue weighted by molar-refractivity contribution is -0.122. The third kappa shape index (κ3) is 4.64. The number of amides is 1. The number of tetrazole rings is 1. The van der Waals surface area contributed by atoms with Gasteiger partial charge in [0.25, 0.3) is 0 Å². The van der Waals surface area contributed by atoms with Crippen molar-refractivity contribution in [3.8, 4) is 11.4 Å². The summed E-state index contributed by atoms with van der Waals surface area (Å²) in [4.78, 5) is 13.0. The second-order valence-electron chi connectivity index (χ2n) is 4.76. The summed E-state index contributed by atoms with van der Waals surface area (Å²) in [5.41, 5.74) is 0.850. The fourth-order valence-electron chi connectivity index (χ4n) is 1.86. The van der Waals surface area contributed by atoms with Gasteiger partial charge in [0.15, 0.2) is 0 Å². The van der Waals surface area contributed by atoms with Crippen molar-refractivity contribution in [3.05, 3.63) is 30.3 Å². The molecule has 2 rings (SSSR count). The maximum absolute atomic E-state index is 11.7. The number of carbonyl (C=O) groups excluding carboxylic acids is 1. The number of aromatic nitrogens is 4. The van der Waals surface area contributed by atoms with Gasteiger partial charge < -0.3 is 10.4 Å². The third-order valence-electron chi connectivity index (χ3n) is 2.93. The summed E-state index contributed by atoms with van der Waals surface area (Å²) in [5.74, 6) is 0.233. The van der Waals surface area contributed by atoms with Crippen molar-refractivity contribution in [3.63, 3.8) is 0 Å². The SMILES string of the molecule is CCCC(O)CNC(=O)Cn1nnc(-c2ccccc2)n1. The van der Waals surface area contributed by atoms with Crippen LogP contribution in [0.1, 0.15) is 19.8 Å². The van der Waals surface area contributed by atoms with E-state index in [0.29, 0.717) is 12.2 Å². The molecule has 2 N–H and O–H groups in total. The predicted molar refractivity (Wildman–Crippen MR) is 77.2 cm³/mol. The highest BCUT2D eigenvalue weighted by molar-refractivity contribution is 5.75. The van der Waals surface area contributed by atoms with E-state index in [1.807, 2.05) is 37.3 Å². The summed E-state index contributed by atoms with van der Waals surface area (Å²) in [5, 5.41) is 24.1. The van der Waals surface area contributed by atoms with Gasteiger partial charge in [0.1, 0.15) is 6.54 Å². The normalized spacial score (nSPS) is 12.1. The molecule has 0 radical (unpaired) electrons. The van der Waals surface area contributed by atoms with Gasteiger partial charge in [0, 0.05) is 12.1 Å². The lowest BCUT2D eigenvalue weighted by Crippen LogP contribution is -2.34. The van der Waals surface area contributed by atoms with Crippen LogP contribution in [0.4, 0.5) is 0 Å². The number of hydrogen-bond donors (Lipinski definition) is 2. The minimum Gasteiger partial charge on any atom is -0.391 e. The zero-order chi connectivity index (χ0) is 15.1. The molecule has 0 aliphatic rings. The Morgan fingerprint density at radius 3 is 2.86 bits per heavy atom. The van der Waals surface area contributed by atoms with Gasteiger partial charge in [-0.15, -0.1) is 10.2 Å². The van der Waals surface area contributed by atoms with E-state index >= 15 is 0 Å². The van der Waals surface area contributed by atoms with Crippen molar-refractivity contribution in [2.75, 3.05) is 6.54 Å². The Kier molecular flexibility index (Phi) is 5.39. The molecule has 1 unspecified atom stereocenters. The Balaban J connectivity index is 1.86. The second-order valence-corrected chi connectivity index (χ2v) is 4.76. The summed E-state index contributed by atoms with van der Waals surface area (Å²) in [6.07, 6.45) is 1.03. The van der Waals surface area contributed by atoms with Crippen LogP contribution in [-0.4, -0.2) is 43.9 Å². The first-order valence-corrected chi connectivity index (χ1v) is 6.97. The Morgan fingerprint density at radius 1 is 1.38 bits per heavy atom. The number of carbonyl (C=O) groups is 1. The Labute approximate surface area is 123 Å². The average molecular weight is 289 g/mol. The molecule has 21 heavy (non-hydrogen) atoms. The number of hydrogen-bond acceptors (Lipinski definition) is 5. The third-order valence-corrected chi connectivity index (χ3v) is 2.93. The molecule has 0 saturated carbocycles. The van der Waals surface area contributed by atoms with Gasteiger partial charge in [-0.2, -0.15) is 4.80 Å². The molecule has 1 heterocycles. The number of rotatable bonds is 7. The van der Waals surface area contributed by atoms with Crippen LogP contribution < -0.4 is 5.32 Å². The van der Waals surface area contributed by atoms with Crippen LogP contribution in [0.2, 0.25) is 0 Å². The molecule has 112 valence electrons. The Hall–Kier alpha value is -2.28. The van der Waals surface area contributed by atoms with Crippen LogP contribution in [0.15, 0.2) is 30.3 Å². The van der Waals surface area contributed by atoms with Gasteiger partial charge in [-0.05, 0) is 11.6 Å². The molecule has 7 heteroatoms. The molecule has 2 aromatic rings. The molecular weight excluding hydrogens is 270 g/mol. The fraction of sp³-hybridized carbons (Fsp3) is 0.429. The lowest BCUT2D eigenvalue weighted by Gasteiger charge is -2.09. The molecule has 0 spiro atoms. The maximum atomic E-state index is 11.7. The van der Waals surface area contributed by atoms with Crippen molar-refractivity contribution in [2.24, 2.45) is 0 Å². The predicted octanol–water partition coefficient (Wildman–Crippen LogP) is 0.617. The molecule has 7 nitrogen and oxygen atoms in total. The molecule has 1 aromatic carbocycles. The zero-order valence-electron chi connectivity index (χ0n) is 11.9. The minimum atomic E-state index is -0.512. The maximum Gasteiger partial charge on any atom is 0.243 e. The van der Waals surface area contributed by atoms with E-state index in [9.17, 15) is 9.90 Å². The smallest absolute Gasteiger partial charge is 0.243 e. The molecule has 1 aromatic heterocycles. The Bertz CT molecular complexity index is 570. The van der Waals surface area contributed by atoms with Gasteiger partial charge in [0.05, 0.1) is 6.10 Å². The van der Waals surface area contributed by atoms with Crippen LogP contribution in [0.25, 0.3) is 11.4 Å². The first kappa shape index (κ1) is 15.1. The number of aliphatic hydroxyl groups excluding tert-OH is 1. The van der Waals surface area contributed by atoms with Crippen molar-refractivity contribution in [2.45, 2.75) is 32.4 Å². The highest BCUT2D eigenvalue weighted by Gasteiger charge is 2.10. The van der Waals surface area contributed by atoms with Gasteiger partial charge in [-0.3, -0.25) is 4.79 Å². The molecule has 0 fully saturated rings. The van der Waals surface area contributed by atoms with E-state index in [0.717, 1.165) is 12.0 Å². The summed E-state index contributed by atoms with van der Waals surface area (Å²) in [7, 11) is 0. The van der Waals surface area contributed by atoms with Crippen LogP contribution >= 0.6 is 0 Å². The van der Waals surface area contributed by atoms with Gasteiger partial charge in [-0.1, -0.05) is 43.7 Å². The van der Waals surface area contributed by atoms with Crippen LogP contribution in [-0.2, 0) is 11.3 Å². The molecule has 1 atom stereocenters. The van der Waals surface area contributed by atoms with Gasteiger partial charge in [-0.25, -0.2) is 0 Å². The fourth-order valence-corrected chi connectivity index (χ4v) is 1.86. The lowest BCUT2D eigenvalue weighted by atomic mass is 10.2. The van der Waals surface area contributed by atoms with E-state index in [-0.39, 0.29) is 19.0 Å². The highest BCUT2D eigenvalue weighted by atomic mass is 16.3. The number of nitrogens with zero attached hydrogens (tertiary/aromatic N) is 4. The standard InChI is InChI=1S/C14H19N5O2/c1-2-6-12(20)9-15-13(21)10-19-17-14(16-18-19)11-7-4-3-5-8-11/h3-5,7-8,12,20H,2,6,9-10H2,1H3,(H,15,21). The quantitative estimate of drug-likeness (QED) is 0.779. The molecule has 0 aliphatic carbocycles. The minimum absolute atomic E-state index is 0.0152. The van der Waals surface area contributed by atoms with E-state index in [1.165, 1.54) is 4.80 Å². The summed E-state index contributed by atoms with van der Waals surface area (Å²) < 4.78 is 0. The molecule has 1 amide bonds. The van der Waals surface area contributed by atoms with Crippen molar-refractivity contribution >= 4 is 5.91 Å². The van der Waals surface area contributed by atoms with E-state index in [2.05, 4.69) is 20.7 Å². The first-order chi connectivity index (χ1) is 10.2. The number of nitrogens with one attached hydrogen (secondary N) is 1. The summed E-state index contributed by atoms with van der Waals surface area (Å²) >= 11 is 0. The topological polar surface area (TPSA) is 92.9 Å². The molecular formula is C14H19N5O2. The first-order valence-electron chi connectivity index (χ1n) is 6.97. The van der Waals surface area contributed by atoms with Gasteiger partial charge in [0.2, 0.25) is 11.7 Å². The zero-order valence-corrected chi connectivity index (χ0v) is 11.9. The Morgan fingerprint density at radius 2 is 2.14 bits per heavy atom. The van der Waals surface area contributed by atoms with Crippen molar-refractivity contribution < 1.29 is 9.90 Å². The molecule has 0 bridgehead atoms. The molecule has 0 aliphatic heterocycles. The van der Waals surface area contributed by atoms with Crippen molar-refractivity contribution in [1.29, 1.82) is 0 Å². The van der Waals surface area contributed by atoms with Crippen LogP contribution in [0.3, 0.4) is 0 Å². The molecule has 0 saturated heterocycles. The summed E-state index contributed by atoms with van der Waals surface area (Å²) in [6.45, 7) is 2.21. The van der Waals surface area contributed by atoms with Gasteiger partial charge >= 0.3 is 0 Å². The average Bonchev–Trinajstić information content (AvgIpc) is 2.95. The van der Waals surface area contributed by atoms with Crippen LogP contribution in [0.5, 0.6) is 0 Å². The van der Waals surface area contributed by atoms with Crippen molar-refractivity contribution in [1.82, 2.24) is 25.5 Å². The summed E-state index contributed by atoms with van der Waals surface area (Å²) in [6, 6.07) is 9.43. The highest BCUT2D eigenvalue weighted by Crippen LogP contribution is 2.11.